The molecule has 0 radical (unpaired) electrons. The van der Waals surface area contributed by atoms with Crippen LogP contribution < -0.4 is 0 Å². The van der Waals surface area contributed by atoms with Crippen molar-refractivity contribution >= 4 is 12.0 Å². The molecule has 0 bridgehead atoms. The summed E-state index contributed by atoms with van der Waals surface area (Å²) in [5.74, 6) is 6.25. The van der Waals surface area contributed by atoms with Crippen molar-refractivity contribution in [1.82, 2.24) is 14.9 Å². The van der Waals surface area contributed by atoms with Crippen LogP contribution in [0.1, 0.15) is 22.4 Å². The number of aromatic amines is 1. The summed E-state index contributed by atoms with van der Waals surface area (Å²) in [5, 5.41) is 0. The summed E-state index contributed by atoms with van der Waals surface area (Å²) in [6, 6.07) is 1.65. The van der Waals surface area contributed by atoms with Crippen molar-refractivity contribution in [3.63, 3.8) is 0 Å². The van der Waals surface area contributed by atoms with Gasteiger partial charge in [-0.2, -0.15) is 0 Å². The van der Waals surface area contributed by atoms with Gasteiger partial charge in [0.25, 0.3) is 0 Å². The molecular formula is C22H23N3O2. The van der Waals surface area contributed by atoms with E-state index in [1.54, 1.807) is 17.3 Å². The van der Waals surface area contributed by atoms with Crippen LogP contribution in [-0.4, -0.2) is 46.6 Å². The number of H-pyrrole nitrogens is 1. The number of carbonyl (C=O) groups is 1. The van der Waals surface area contributed by atoms with Gasteiger partial charge in [0.15, 0.2) is 0 Å². The summed E-state index contributed by atoms with van der Waals surface area (Å²) >= 11 is 0. The first-order chi connectivity index (χ1) is 13.1. The van der Waals surface area contributed by atoms with Crippen LogP contribution in [0.2, 0.25) is 0 Å². The number of amides is 1. The molecule has 3 heterocycles. The Morgan fingerprint density at radius 3 is 2.96 bits per heavy atom. The smallest absolute Gasteiger partial charge is 0.247 e. The van der Waals surface area contributed by atoms with Crippen LogP contribution in [0.25, 0.3) is 17.3 Å². The van der Waals surface area contributed by atoms with Gasteiger partial charge in [0.2, 0.25) is 5.91 Å². The summed E-state index contributed by atoms with van der Waals surface area (Å²) in [7, 11) is 0. The largest absolute Gasteiger partial charge is 0.376 e. The molecule has 0 aliphatic carbocycles. The van der Waals surface area contributed by atoms with E-state index in [1.165, 1.54) is 6.08 Å². The molecule has 1 fully saturated rings. The summed E-state index contributed by atoms with van der Waals surface area (Å²) in [5.41, 5.74) is 6.08. The summed E-state index contributed by atoms with van der Waals surface area (Å²) in [6.07, 6.45) is 6.67. The van der Waals surface area contributed by atoms with Crippen molar-refractivity contribution in [3.05, 3.63) is 60.1 Å². The van der Waals surface area contributed by atoms with Gasteiger partial charge >= 0.3 is 0 Å². The van der Waals surface area contributed by atoms with Gasteiger partial charge in [0, 0.05) is 30.2 Å². The van der Waals surface area contributed by atoms with Gasteiger partial charge in [-0.05, 0) is 37.1 Å². The average Bonchev–Trinajstić information content (AvgIpc) is 2.99. The van der Waals surface area contributed by atoms with Crippen molar-refractivity contribution in [1.29, 1.82) is 0 Å². The Labute approximate surface area is 159 Å². The Kier molecular flexibility index (Phi) is 5.58. The molecule has 3 rings (SSSR count). The Bertz CT molecular complexity index is 946. The number of aromatic nitrogens is 2. The van der Waals surface area contributed by atoms with Gasteiger partial charge in [-0.3, -0.25) is 9.78 Å². The molecule has 1 atom stereocenters. The molecule has 0 spiro atoms. The fourth-order valence-corrected chi connectivity index (χ4v) is 3.32. The molecule has 5 heteroatoms. The number of aryl methyl sites for hydroxylation is 1. The van der Waals surface area contributed by atoms with E-state index in [0.29, 0.717) is 19.8 Å². The number of hydrogen-bond acceptors (Lipinski definition) is 3. The molecule has 0 aromatic carbocycles. The number of carbonyl (C=O) groups excluding carboxylic acids is 1. The lowest BCUT2D eigenvalue weighted by atomic mass is 10.0. The second kappa shape index (κ2) is 8.07. The number of ether oxygens (including phenoxy) is 1. The lowest BCUT2D eigenvalue weighted by Gasteiger charge is -2.31. The molecule has 138 valence electrons. The van der Waals surface area contributed by atoms with E-state index in [4.69, 9.17) is 4.74 Å². The van der Waals surface area contributed by atoms with Gasteiger partial charge in [-0.25, -0.2) is 0 Å². The lowest BCUT2D eigenvalue weighted by Crippen LogP contribution is -2.47. The SMILES string of the molecule is C=CC(=O)N1CCOCC1C#Cc1cnccc1-c1[nH]c(C)c(C=C)c1C. The number of pyridine rings is 1. The van der Waals surface area contributed by atoms with Crippen LogP contribution in [0.5, 0.6) is 0 Å². The van der Waals surface area contributed by atoms with Gasteiger partial charge in [0.1, 0.15) is 6.04 Å². The molecule has 2 aromatic rings. The highest BCUT2D eigenvalue weighted by molar-refractivity contribution is 5.87. The first-order valence-electron chi connectivity index (χ1n) is 8.85. The molecule has 27 heavy (non-hydrogen) atoms. The predicted octanol–water partition coefficient (Wildman–Crippen LogP) is 3.10. The van der Waals surface area contributed by atoms with Crippen LogP contribution in [-0.2, 0) is 9.53 Å². The number of rotatable bonds is 3. The molecule has 1 unspecified atom stereocenters. The second-order valence-electron chi connectivity index (χ2n) is 6.38. The quantitative estimate of drug-likeness (QED) is 0.675. The normalized spacial score (nSPS) is 16.4. The van der Waals surface area contributed by atoms with E-state index < -0.39 is 0 Å². The number of nitrogens with zero attached hydrogens (tertiary/aromatic N) is 2. The molecule has 1 amide bonds. The molecule has 1 aliphatic heterocycles. The maximum absolute atomic E-state index is 12.1. The Balaban J connectivity index is 1.99. The summed E-state index contributed by atoms with van der Waals surface area (Å²) in [6.45, 7) is 13.0. The third-order valence-corrected chi connectivity index (χ3v) is 4.75. The topological polar surface area (TPSA) is 58.2 Å². The number of hydrogen-bond donors (Lipinski definition) is 1. The van der Waals surface area contributed by atoms with Gasteiger partial charge < -0.3 is 14.6 Å². The van der Waals surface area contributed by atoms with Gasteiger partial charge in [-0.1, -0.05) is 31.1 Å². The summed E-state index contributed by atoms with van der Waals surface area (Å²) in [4.78, 5) is 21.4. The monoisotopic (exact) mass is 361 g/mol. The number of morpholine rings is 1. The van der Waals surface area contributed by atoms with E-state index in [-0.39, 0.29) is 11.9 Å². The van der Waals surface area contributed by atoms with Crippen molar-refractivity contribution < 1.29 is 9.53 Å². The van der Waals surface area contributed by atoms with E-state index in [1.807, 2.05) is 19.1 Å². The van der Waals surface area contributed by atoms with Crippen molar-refractivity contribution in [2.75, 3.05) is 19.8 Å². The first kappa shape index (κ1) is 18.7. The highest BCUT2D eigenvalue weighted by Gasteiger charge is 2.24. The third-order valence-electron chi connectivity index (χ3n) is 4.75. The Hall–Kier alpha value is -3.10. The van der Waals surface area contributed by atoms with Gasteiger partial charge in [-0.15, -0.1) is 0 Å². The van der Waals surface area contributed by atoms with Crippen LogP contribution in [0.15, 0.2) is 37.7 Å². The minimum atomic E-state index is -0.299. The van der Waals surface area contributed by atoms with Gasteiger partial charge in [0.05, 0.1) is 24.5 Å². The van der Waals surface area contributed by atoms with E-state index in [9.17, 15) is 4.79 Å². The van der Waals surface area contributed by atoms with Crippen molar-refractivity contribution in [3.8, 4) is 23.1 Å². The van der Waals surface area contributed by atoms with E-state index in [0.717, 1.165) is 33.6 Å². The van der Waals surface area contributed by atoms with Crippen LogP contribution in [0.4, 0.5) is 0 Å². The maximum atomic E-state index is 12.1. The molecule has 2 aromatic heterocycles. The molecule has 0 saturated carbocycles. The zero-order valence-electron chi connectivity index (χ0n) is 15.7. The minimum Gasteiger partial charge on any atom is -0.376 e. The molecular weight excluding hydrogens is 338 g/mol. The molecule has 1 saturated heterocycles. The number of nitrogens with one attached hydrogen (secondary N) is 1. The molecule has 5 nitrogen and oxygen atoms in total. The zero-order chi connectivity index (χ0) is 19.4. The van der Waals surface area contributed by atoms with E-state index >= 15 is 0 Å². The Morgan fingerprint density at radius 1 is 1.44 bits per heavy atom. The summed E-state index contributed by atoms with van der Waals surface area (Å²) < 4.78 is 5.50. The van der Waals surface area contributed by atoms with Crippen LogP contribution >= 0.6 is 0 Å². The first-order valence-corrected chi connectivity index (χ1v) is 8.85. The fraction of sp³-hybridized carbons (Fsp3) is 0.273. The lowest BCUT2D eigenvalue weighted by molar-refractivity contribution is -0.132. The highest BCUT2D eigenvalue weighted by Crippen LogP contribution is 2.29. The fourth-order valence-electron chi connectivity index (χ4n) is 3.32. The second-order valence-corrected chi connectivity index (χ2v) is 6.38. The highest BCUT2D eigenvalue weighted by atomic mass is 16.5. The Morgan fingerprint density at radius 2 is 2.26 bits per heavy atom. The predicted molar refractivity (Wildman–Crippen MR) is 107 cm³/mol. The average molecular weight is 361 g/mol. The standard InChI is InChI=1S/C22H23N3O2/c1-5-19-15(3)22(24-16(19)4)20-9-10-23-13-17(20)7-8-18-14-27-12-11-25(18)21(26)6-2/h5-6,9-10,13,18,24H,1-2,11-12,14H2,3-4H3. The zero-order valence-corrected chi connectivity index (χ0v) is 15.7. The van der Waals surface area contributed by atoms with Crippen LogP contribution in [0, 0.1) is 25.7 Å². The minimum absolute atomic E-state index is 0.129. The molecule has 1 N–H and O–H groups in total. The van der Waals surface area contributed by atoms with E-state index in [2.05, 4.69) is 41.9 Å². The van der Waals surface area contributed by atoms with Crippen molar-refractivity contribution in [2.45, 2.75) is 19.9 Å². The molecule has 1 aliphatic rings. The van der Waals surface area contributed by atoms with Crippen molar-refractivity contribution in [2.24, 2.45) is 0 Å². The third kappa shape index (κ3) is 3.71. The van der Waals surface area contributed by atoms with Crippen LogP contribution in [0.3, 0.4) is 0 Å². The maximum Gasteiger partial charge on any atom is 0.247 e.